The van der Waals surface area contributed by atoms with Gasteiger partial charge in [0.15, 0.2) is 21.8 Å². The van der Waals surface area contributed by atoms with Crippen molar-refractivity contribution >= 4 is 45.9 Å². The Morgan fingerprint density at radius 1 is 1.26 bits per heavy atom. The predicted octanol–water partition coefficient (Wildman–Crippen LogP) is 3.39. The van der Waals surface area contributed by atoms with Gasteiger partial charge in [-0.3, -0.25) is 14.2 Å². The smallest absolute Gasteiger partial charge is 0.272 e. The van der Waals surface area contributed by atoms with Crippen LogP contribution in [0.4, 0.5) is 5.13 Å². The first-order chi connectivity index (χ1) is 15.0. The normalized spacial score (nSPS) is 12.5. The molecule has 162 valence electrons. The maximum absolute atomic E-state index is 13.3. The maximum Gasteiger partial charge on any atom is 0.272 e. The highest BCUT2D eigenvalue weighted by molar-refractivity contribution is 8.00. The number of ether oxygens (including phenoxy) is 2. The molecule has 4 rings (SSSR count). The van der Waals surface area contributed by atoms with Crippen molar-refractivity contribution in [3.63, 3.8) is 0 Å². The topological polar surface area (TPSA) is 95.3 Å². The van der Waals surface area contributed by atoms with E-state index in [9.17, 15) is 9.59 Å². The number of hydrogen-bond acceptors (Lipinski definition) is 9. The highest BCUT2D eigenvalue weighted by Crippen LogP contribution is 2.33. The standard InChI is InChI=1S/C20H20N4O4S3/c1-11-9-30-19(21-11)23-16(25)10-31-20-22-13-6-7-29-17(13)18(26)24(20)12-4-5-14(27-2)15(8-12)28-3/h4-5,8-9H,6-7,10H2,1-3H3,(H,21,23,25). The zero-order valence-corrected chi connectivity index (χ0v) is 19.6. The molecule has 1 aromatic carbocycles. The number of benzene rings is 1. The van der Waals surface area contributed by atoms with Crippen LogP contribution in [-0.4, -0.2) is 46.2 Å². The summed E-state index contributed by atoms with van der Waals surface area (Å²) in [6.07, 6.45) is 0.736. The van der Waals surface area contributed by atoms with Gasteiger partial charge in [-0.05, 0) is 19.1 Å². The van der Waals surface area contributed by atoms with Gasteiger partial charge in [0.05, 0.1) is 41.9 Å². The van der Waals surface area contributed by atoms with Gasteiger partial charge in [0.1, 0.15) is 0 Å². The minimum Gasteiger partial charge on any atom is -0.493 e. The molecule has 2 aromatic heterocycles. The van der Waals surface area contributed by atoms with Crippen LogP contribution in [0.2, 0.25) is 0 Å². The van der Waals surface area contributed by atoms with Crippen LogP contribution >= 0.6 is 34.9 Å². The van der Waals surface area contributed by atoms with E-state index in [1.54, 1.807) is 32.4 Å². The summed E-state index contributed by atoms with van der Waals surface area (Å²) >= 11 is 4.10. The van der Waals surface area contributed by atoms with Gasteiger partial charge in [0.2, 0.25) is 5.91 Å². The first kappa shape index (κ1) is 21.7. The Labute approximate surface area is 191 Å². The van der Waals surface area contributed by atoms with E-state index in [0.29, 0.717) is 32.4 Å². The molecular formula is C20H20N4O4S3. The zero-order chi connectivity index (χ0) is 22.0. The molecule has 1 aliphatic rings. The number of anilines is 1. The largest absolute Gasteiger partial charge is 0.493 e. The fraction of sp³-hybridized carbons (Fsp3) is 0.300. The fourth-order valence-corrected chi connectivity index (χ4v) is 5.64. The second-order valence-corrected chi connectivity index (χ2v) is 9.49. The molecule has 1 amide bonds. The number of aryl methyl sites for hydroxylation is 2. The SMILES string of the molecule is COc1ccc(-n2c(SCC(=O)Nc3nc(C)cs3)nc3c(c2=O)SCC3)cc1OC. The van der Waals surface area contributed by atoms with Crippen molar-refractivity contribution in [2.45, 2.75) is 23.4 Å². The molecule has 31 heavy (non-hydrogen) atoms. The number of thioether (sulfide) groups is 2. The number of aromatic nitrogens is 3. The summed E-state index contributed by atoms with van der Waals surface area (Å²) < 4.78 is 12.2. The highest BCUT2D eigenvalue weighted by atomic mass is 32.2. The van der Waals surface area contributed by atoms with Gasteiger partial charge >= 0.3 is 0 Å². The van der Waals surface area contributed by atoms with Gasteiger partial charge in [-0.1, -0.05) is 11.8 Å². The van der Waals surface area contributed by atoms with Crippen molar-refractivity contribution in [1.82, 2.24) is 14.5 Å². The molecule has 1 N–H and O–H groups in total. The minimum atomic E-state index is -0.206. The van der Waals surface area contributed by atoms with Crippen LogP contribution in [0.25, 0.3) is 5.69 Å². The molecular weight excluding hydrogens is 456 g/mol. The fourth-order valence-electron chi connectivity index (χ4n) is 3.08. The number of amides is 1. The Morgan fingerprint density at radius 3 is 2.77 bits per heavy atom. The van der Waals surface area contributed by atoms with Crippen molar-refractivity contribution in [1.29, 1.82) is 0 Å². The van der Waals surface area contributed by atoms with Crippen molar-refractivity contribution < 1.29 is 14.3 Å². The van der Waals surface area contributed by atoms with E-state index >= 15 is 0 Å². The Balaban J connectivity index is 1.66. The number of methoxy groups -OCH3 is 2. The van der Waals surface area contributed by atoms with Gasteiger partial charge in [0.25, 0.3) is 5.56 Å². The molecule has 0 atom stereocenters. The van der Waals surface area contributed by atoms with E-state index in [1.807, 2.05) is 12.3 Å². The molecule has 0 unspecified atom stereocenters. The van der Waals surface area contributed by atoms with E-state index in [2.05, 4.69) is 10.3 Å². The maximum atomic E-state index is 13.3. The van der Waals surface area contributed by atoms with Gasteiger partial charge in [-0.25, -0.2) is 9.97 Å². The van der Waals surface area contributed by atoms with Crippen molar-refractivity contribution in [3.05, 3.63) is 45.3 Å². The zero-order valence-electron chi connectivity index (χ0n) is 17.1. The molecule has 0 spiro atoms. The van der Waals surface area contributed by atoms with Gasteiger partial charge in [-0.15, -0.1) is 23.1 Å². The Hall–Kier alpha value is -2.50. The monoisotopic (exact) mass is 476 g/mol. The predicted molar refractivity (Wildman–Crippen MR) is 124 cm³/mol. The Morgan fingerprint density at radius 2 is 2.06 bits per heavy atom. The number of fused-ring (bicyclic) bond motifs is 1. The number of carbonyl (C=O) groups is 1. The lowest BCUT2D eigenvalue weighted by molar-refractivity contribution is -0.113. The number of nitrogens with one attached hydrogen (secondary N) is 1. The second-order valence-electron chi connectivity index (χ2n) is 6.58. The average Bonchev–Trinajstić information content (AvgIpc) is 3.40. The minimum absolute atomic E-state index is 0.101. The van der Waals surface area contributed by atoms with Crippen molar-refractivity contribution in [2.24, 2.45) is 0 Å². The summed E-state index contributed by atoms with van der Waals surface area (Å²) in [4.78, 5) is 35.3. The van der Waals surface area contributed by atoms with Crippen LogP contribution in [0.3, 0.4) is 0 Å². The Kier molecular flexibility index (Phi) is 6.54. The lowest BCUT2D eigenvalue weighted by Gasteiger charge is -2.15. The lowest BCUT2D eigenvalue weighted by atomic mass is 10.2. The van der Waals surface area contributed by atoms with Crippen LogP contribution in [-0.2, 0) is 11.2 Å². The number of nitrogens with zero attached hydrogens (tertiary/aromatic N) is 3. The van der Waals surface area contributed by atoms with E-state index < -0.39 is 0 Å². The number of thiazole rings is 1. The van der Waals surface area contributed by atoms with Gasteiger partial charge in [-0.2, -0.15) is 0 Å². The molecule has 0 fully saturated rings. The van der Waals surface area contributed by atoms with Crippen molar-refractivity contribution in [3.8, 4) is 17.2 Å². The van der Waals surface area contributed by atoms with Crippen LogP contribution in [0.1, 0.15) is 11.4 Å². The summed E-state index contributed by atoms with van der Waals surface area (Å²) in [6, 6.07) is 5.25. The summed E-state index contributed by atoms with van der Waals surface area (Å²) in [5.74, 6) is 1.79. The molecule has 8 nitrogen and oxygen atoms in total. The summed E-state index contributed by atoms with van der Waals surface area (Å²) in [7, 11) is 3.10. The molecule has 0 saturated heterocycles. The van der Waals surface area contributed by atoms with Gasteiger partial charge in [0, 0.05) is 23.6 Å². The van der Waals surface area contributed by atoms with E-state index in [0.717, 1.165) is 23.6 Å². The van der Waals surface area contributed by atoms with Gasteiger partial charge < -0.3 is 14.8 Å². The third-order valence-electron chi connectivity index (χ3n) is 4.49. The quantitative estimate of drug-likeness (QED) is 0.410. The first-order valence-corrected chi connectivity index (χ1v) is 12.2. The summed E-state index contributed by atoms with van der Waals surface area (Å²) in [6.45, 7) is 1.87. The highest BCUT2D eigenvalue weighted by Gasteiger charge is 2.23. The molecule has 0 aliphatic carbocycles. The Bertz CT molecular complexity index is 1190. The number of hydrogen-bond donors (Lipinski definition) is 1. The second kappa shape index (κ2) is 9.33. The molecule has 0 bridgehead atoms. The van der Waals surface area contributed by atoms with Crippen LogP contribution < -0.4 is 20.3 Å². The molecule has 11 heteroatoms. The molecule has 3 heterocycles. The van der Waals surface area contributed by atoms with Crippen LogP contribution in [0.15, 0.2) is 38.4 Å². The summed E-state index contributed by atoms with van der Waals surface area (Å²) in [5.41, 5.74) is 2.10. The van der Waals surface area contributed by atoms with E-state index in [-0.39, 0.29) is 17.2 Å². The third-order valence-corrected chi connectivity index (χ3v) is 7.41. The third kappa shape index (κ3) is 4.58. The average molecular weight is 477 g/mol. The number of rotatable bonds is 7. The molecule has 1 aliphatic heterocycles. The molecule has 0 saturated carbocycles. The first-order valence-electron chi connectivity index (χ1n) is 9.36. The number of carbonyl (C=O) groups excluding carboxylic acids is 1. The summed E-state index contributed by atoms with van der Waals surface area (Å²) in [5, 5.41) is 5.67. The molecule has 3 aromatic rings. The van der Waals surface area contributed by atoms with Crippen LogP contribution in [0.5, 0.6) is 11.5 Å². The van der Waals surface area contributed by atoms with E-state index in [1.165, 1.54) is 39.4 Å². The molecule has 0 radical (unpaired) electrons. The van der Waals surface area contributed by atoms with E-state index in [4.69, 9.17) is 14.5 Å². The van der Waals surface area contributed by atoms with Crippen LogP contribution in [0, 0.1) is 6.92 Å². The van der Waals surface area contributed by atoms with Crippen molar-refractivity contribution in [2.75, 3.05) is 31.0 Å². The lowest BCUT2D eigenvalue weighted by Crippen LogP contribution is -2.24.